The first-order valence-electron chi connectivity index (χ1n) is 4.64. The number of carbonyl (C=O) groups excluding carboxylic acids is 1. The van der Waals surface area contributed by atoms with E-state index in [1.165, 1.54) is 0 Å². The molecule has 1 aliphatic rings. The summed E-state index contributed by atoms with van der Waals surface area (Å²) in [5.74, 6) is 0.995. The molecule has 0 saturated carbocycles. The Hall–Kier alpha value is -0.930. The van der Waals surface area contributed by atoms with Crippen LogP contribution in [0.2, 0.25) is 5.02 Å². The molecule has 1 aromatic rings. The number of rotatable bonds is 2. The number of allylic oxidation sites excluding steroid dienone is 1. The van der Waals surface area contributed by atoms with E-state index < -0.39 is 0 Å². The molecule has 15 heavy (non-hydrogen) atoms. The Kier molecular flexibility index (Phi) is 3.34. The summed E-state index contributed by atoms with van der Waals surface area (Å²) in [5.41, 5.74) is 0.682. The third-order valence-electron chi connectivity index (χ3n) is 2.07. The maximum Gasteiger partial charge on any atom is 0.200 e. The monoisotopic (exact) mass is 239 g/mol. The molecule has 0 unspecified atom stereocenters. The molecule has 1 heterocycles. The van der Waals surface area contributed by atoms with Crippen molar-refractivity contribution in [2.75, 3.05) is 12.3 Å². The summed E-state index contributed by atoms with van der Waals surface area (Å²) in [5, 5.41) is 3.72. The van der Waals surface area contributed by atoms with Crippen LogP contribution in [0.15, 0.2) is 35.4 Å². The average Bonchev–Trinajstić information content (AvgIpc) is 2.30. The predicted molar refractivity (Wildman–Crippen MR) is 64.3 cm³/mol. The second-order valence-electron chi connectivity index (χ2n) is 3.15. The maximum atomic E-state index is 11.9. The maximum absolute atomic E-state index is 11.9. The van der Waals surface area contributed by atoms with Crippen LogP contribution in [0.4, 0.5) is 0 Å². The van der Waals surface area contributed by atoms with E-state index in [-0.39, 0.29) is 5.78 Å². The van der Waals surface area contributed by atoms with Gasteiger partial charge < -0.3 is 5.32 Å². The van der Waals surface area contributed by atoms with Crippen molar-refractivity contribution in [3.8, 4) is 0 Å². The molecule has 0 atom stereocenters. The van der Waals surface area contributed by atoms with Crippen LogP contribution in [0.1, 0.15) is 10.4 Å². The van der Waals surface area contributed by atoms with Gasteiger partial charge in [0.25, 0.3) is 0 Å². The standard InChI is InChI=1S/C11H10ClNOS/c12-9-3-1-8(2-4-9)11(14)10-7-13-5-6-15-10/h1-4,7,13H,5-6H2. The zero-order valence-electron chi connectivity index (χ0n) is 8.00. The van der Waals surface area contributed by atoms with E-state index in [2.05, 4.69) is 5.32 Å². The summed E-state index contributed by atoms with van der Waals surface area (Å²) in [6, 6.07) is 6.97. The Morgan fingerprint density at radius 2 is 2.07 bits per heavy atom. The molecular weight excluding hydrogens is 230 g/mol. The minimum atomic E-state index is 0.0591. The Morgan fingerprint density at radius 1 is 1.33 bits per heavy atom. The van der Waals surface area contributed by atoms with Gasteiger partial charge in [0.2, 0.25) is 5.78 Å². The van der Waals surface area contributed by atoms with E-state index in [0.717, 1.165) is 17.2 Å². The van der Waals surface area contributed by atoms with E-state index in [9.17, 15) is 4.79 Å². The smallest absolute Gasteiger partial charge is 0.200 e. The first-order chi connectivity index (χ1) is 7.27. The number of Topliss-reactive ketones (excluding diaryl/α,β-unsaturated/α-hetero) is 1. The van der Waals surface area contributed by atoms with Crippen LogP contribution in [-0.2, 0) is 0 Å². The van der Waals surface area contributed by atoms with Gasteiger partial charge in [-0.15, -0.1) is 11.8 Å². The second-order valence-corrected chi connectivity index (χ2v) is 4.72. The second kappa shape index (κ2) is 4.73. The number of hydrogen-bond donors (Lipinski definition) is 1. The molecule has 0 saturated heterocycles. The highest BCUT2D eigenvalue weighted by Crippen LogP contribution is 2.22. The fourth-order valence-corrected chi connectivity index (χ4v) is 2.28. The number of ketones is 1. The number of carbonyl (C=O) groups is 1. The first kappa shape index (κ1) is 10.6. The highest BCUT2D eigenvalue weighted by molar-refractivity contribution is 8.04. The Labute approximate surface area is 97.7 Å². The van der Waals surface area contributed by atoms with E-state index in [1.54, 1.807) is 42.2 Å². The van der Waals surface area contributed by atoms with Crippen molar-refractivity contribution in [2.24, 2.45) is 0 Å². The number of benzene rings is 1. The Balaban J connectivity index is 2.20. The molecule has 0 aliphatic carbocycles. The third kappa shape index (κ3) is 2.55. The largest absolute Gasteiger partial charge is 0.389 e. The van der Waals surface area contributed by atoms with Gasteiger partial charge in [-0.25, -0.2) is 0 Å². The summed E-state index contributed by atoms with van der Waals surface area (Å²) >= 11 is 7.35. The summed E-state index contributed by atoms with van der Waals surface area (Å²) in [6.45, 7) is 0.919. The van der Waals surface area contributed by atoms with Crippen molar-refractivity contribution < 1.29 is 4.79 Å². The van der Waals surface area contributed by atoms with Crippen LogP contribution >= 0.6 is 23.4 Å². The van der Waals surface area contributed by atoms with Crippen molar-refractivity contribution in [1.29, 1.82) is 0 Å². The van der Waals surface area contributed by atoms with Crippen LogP contribution < -0.4 is 5.32 Å². The molecule has 0 spiro atoms. The minimum Gasteiger partial charge on any atom is -0.389 e. The van der Waals surface area contributed by atoms with Crippen molar-refractivity contribution in [2.45, 2.75) is 0 Å². The molecule has 0 bridgehead atoms. The lowest BCUT2D eigenvalue weighted by Gasteiger charge is -2.12. The fraction of sp³-hybridized carbons (Fsp3) is 0.182. The molecule has 4 heteroatoms. The highest BCUT2D eigenvalue weighted by atomic mass is 35.5. The molecule has 0 fully saturated rings. The van der Waals surface area contributed by atoms with E-state index in [1.807, 2.05) is 0 Å². The minimum absolute atomic E-state index is 0.0591. The van der Waals surface area contributed by atoms with Crippen molar-refractivity contribution >= 4 is 29.1 Å². The van der Waals surface area contributed by atoms with Crippen molar-refractivity contribution in [1.82, 2.24) is 5.32 Å². The van der Waals surface area contributed by atoms with Crippen LogP contribution in [0.3, 0.4) is 0 Å². The quantitative estimate of drug-likeness (QED) is 0.805. The Morgan fingerprint density at radius 3 is 2.67 bits per heavy atom. The average molecular weight is 240 g/mol. The number of hydrogen-bond acceptors (Lipinski definition) is 3. The summed E-state index contributed by atoms with van der Waals surface area (Å²) in [6.07, 6.45) is 1.78. The summed E-state index contributed by atoms with van der Waals surface area (Å²) in [7, 11) is 0. The van der Waals surface area contributed by atoms with Gasteiger partial charge in [-0.2, -0.15) is 0 Å². The third-order valence-corrected chi connectivity index (χ3v) is 3.34. The van der Waals surface area contributed by atoms with Gasteiger partial charge in [0.15, 0.2) is 0 Å². The molecule has 1 N–H and O–H groups in total. The SMILES string of the molecule is O=C(C1=CNCCS1)c1ccc(Cl)cc1. The van der Waals surface area contributed by atoms with Gasteiger partial charge in [0, 0.05) is 29.1 Å². The lowest BCUT2D eigenvalue weighted by atomic mass is 10.1. The molecule has 1 aromatic carbocycles. The van der Waals surface area contributed by atoms with Gasteiger partial charge in [-0.1, -0.05) is 11.6 Å². The van der Waals surface area contributed by atoms with Crippen LogP contribution in [0, 0.1) is 0 Å². The lowest BCUT2D eigenvalue weighted by molar-refractivity contribution is 0.104. The summed E-state index contributed by atoms with van der Waals surface area (Å²) < 4.78 is 0. The molecule has 78 valence electrons. The molecule has 0 radical (unpaired) electrons. The van der Waals surface area contributed by atoms with Gasteiger partial charge in [0.1, 0.15) is 0 Å². The van der Waals surface area contributed by atoms with Gasteiger partial charge in [-0.3, -0.25) is 4.79 Å². The van der Waals surface area contributed by atoms with Crippen molar-refractivity contribution in [3.05, 3.63) is 46.0 Å². The zero-order valence-corrected chi connectivity index (χ0v) is 9.57. The van der Waals surface area contributed by atoms with Gasteiger partial charge in [0.05, 0.1) is 4.91 Å². The molecular formula is C11H10ClNOS. The van der Waals surface area contributed by atoms with Crippen molar-refractivity contribution in [3.63, 3.8) is 0 Å². The van der Waals surface area contributed by atoms with Crippen LogP contribution in [0.25, 0.3) is 0 Å². The normalized spacial score (nSPS) is 15.4. The Bertz CT molecular complexity index is 400. The molecule has 2 rings (SSSR count). The van der Waals surface area contributed by atoms with E-state index in [0.29, 0.717) is 10.6 Å². The number of halogens is 1. The number of nitrogens with one attached hydrogen (secondary N) is 1. The molecule has 1 aliphatic heterocycles. The van der Waals surface area contributed by atoms with E-state index >= 15 is 0 Å². The lowest BCUT2D eigenvalue weighted by Crippen LogP contribution is -2.18. The van der Waals surface area contributed by atoms with Gasteiger partial charge in [-0.05, 0) is 24.3 Å². The number of thioether (sulfide) groups is 1. The first-order valence-corrected chi connectivity index (χ1v) is 6.00. The zero-order chi connectivity index (χ0) is 10.7. The predicted octanol–water partition coefficient (Wildman–Crippen LogP) is 2.70. The van der Waals surface area contributed by atoms with Gasteiger partial charge >= 0.3 is 0 Å². The van der Waals surface area contributed by atoms with Crippen LogP contribution in [-0.4, -0.2) is 18.1 Å². The van der Waals surface area contributed by atoms with Crippen LogP contribution in [0.5, 0.6) is 0 Å². The summed E-state index contributed by atoms with van der Waals surface area (Å²) in [4.78, 5) is 12.7. The molecule has 0 amide bonds. The topological polar surface area (TPSA) is 29.1 Å². The fourth-order valence-electron chi connectivity index (χ4n) is 1.30. The highest BCUT2D eigenvalue weighted by Gasteiger charge is 2.14. The van der Waals surface area contributed by atoms with E-state index in [4.69, 9.17) is 11.6 Å². The molecule has 2 nitrogen and oxygen atoms in total. The molecule has 0 aromatic heterocycles.